The maximum atomic E-state index is 12.1. The van der Waals surface area contributed by atoms with Crippen LogP contribution in [0.15, 0.2) is 42.5 Å². The van der Waals surface area contributed by atoms with Gasteiger partial charge in [0.05, 0.1) is 0 Å². The molecule has 0 aliphatic rings. The van der Waals surface area contributed by atoms with Crippen LogP contribution in [0, 0.1) is 6.92 Å². The fraction of sp³-hybridized carbons (Fsp3) is 0.200. The van der Waals surface area contributed by atoms with Crippen molar-refractivity contribution in [2.24, 2.45) is 0 Å². The van der Waals surface area contributed by atoms with Crippen molar-refractivity contribution in [2.45, 2.75) is 20.1 Å². The number of anilines is 1. The Bertz CT molecular complexity index is 590. The highest BCUT2D eigenvalue weighted by Gasteiger charge is 2.04. The van der Waals surface area contributed by atoms with Crippen molar-refractivity contribution >= 4 is 17.3 Å². The quantitative estimate of drug-likeness (QED) is 0.851. The lowest BCUT2D eigenvalue weighted by molar-refractivity contribution is -0.0498. The summed E-state index contributed by atoms with van der Waals surface area (Å²) >= 11 is 6.05. The molecule has 0 saturated heterocycles. The molecule has 106 valence electrons. The molecule has 0 unspecified atom stereocenters. The Morgan fingerprint density at radius 1 is 1.20 bits per heavy atom. The van der Waals surface area contributed by atoms with Crippen LogP contribution >= 0.6 is 11.6 Å². The Morgan fingerprint density at radius 2 is 2.00 bits per heavy atom. The van der Waals surface area contributed by atoms with Crippen LogP contribution in [0.5, 0.6) is 5.75 Å². The summed E-state index contributed by atoms with van der Waals surface area (Å²) in [6.45, 7) is -0.329. The van der Waals surface area contributed by atoms with Crippen LogP contribution in [-0.2, 0) is 6.54 Å². The molecular weight excluding hydrogens is 284 g/mol. The van der Waals surface area contributed by atoms with Gasteiger partial charge in [-0.1, -0.05) is 29.8 Å². The number of rotatable bonds is 5. The molecule has 0 aliphatic carbocycles. The van der Waals surface area contributed by atoms with Gasteiger partial charge in [0, 0.05) is 23.3 Å². The molecule has 2 aromatic carbocycles. The molecule has 0 radical (unpaired) electrons. The standard InChI is InChI=1S/C15H14ClF2NO/c1-10-5-6-11(7-14(10)16)9-19-12-3-2-4-13(8-12)20-15(17)18/h2-8,15,19H,9H2,1H3. The second-order valence-electron chi connectivity index (χ2n) is 4.34. The number of hydrogen-bond acceptors (Lipinski definition) is 2. The van der Waals surface area contributed by atoms with E-state index in [-0.39, 0.29) is 5.75 Å². The molecule has 0 saturated carbocycles. The lowest BCUT2D eigenvalue weighted by Gasteiger charge is -2.10. The molecule has 2 aromatic rings. The van der Waals surface area contributed by atoms with E-state index >= 15 is 0 Å². The number of aryl methyl sites for hydroxylation is 1. The van der Waals surface area contributed by atoms with E-state index in [4.69, 9.17) is 11.6 Å². The van der Waals surface area contributed by atoms with Gasteiger partial charge in [0.2, 0.25) is 0 Å². The highest BCUT2D eigenvalue weighted by Crippen LogP contribution is 2.21. The molecule has 20 heavy (non-hydrogen) atoms. The minimum Gasteiger partial charge on any atom is -0.435 e. The van der Waals surface area contributed by atoms with Gasteiger partial charge in [-0.15, -0.1) is 0 Å². The van der Waals surface area contributed by atoms with E-state index in [9.17, 15) is 8.78 Å². The van der Waals surface area contributed by atoms with Crippen molar-refractivity contribution in [1.82, 2.24) is 0 Å². The summed E-state index contributed by atoms with van der Waals surface area (Å²) < 4.78 is 28.6. The van der Waals surface area contributed by atoms with Gasteiger partial charge in [0.1, 0.15) is 5.75 Å². The molecule has 0 spiro atoms. The molecule has 1 N–H and O–H groups in total. The summed E-state index contributed by atoms with van der Waals surface area (Å²) in [5.74, 6) is 0.131. The van der Waals surface area contributed by atoms with Gasteiger partial charge < -0.3 is 10.1 Å². The Kier molecular flexibility index (Phi) is 4.79. The lowest BCUT2D eigenvalue weighted by Crippen LogP contribution is -2.03. The fourth-order valence-electron chi connectivity index (χ4n) is 1.73. The highest BCUT2D eigenvalue weighted by molar-refractivity contribution is 6.31. The minimum absolute atomic E-state index is 0.131. The van der Waals surface area contributed by atoms with Crippen LogP contribution in [0.4, 0.5) is 14.5 Å². The van der Waals surface area contributed by atoms with Crippen molar-refractivity contribution in [3.8, 4) is 5.75 Å². The molecule has 0 bridgehead atoms. The predicted molar refractivity (Wildman–Crippen MR) is 76.6 cm³/mol. The first-order chi connectivity index (χ1) is 9.54. The van der Waals surface area contributed by atoms with Gasteiger partial charge >= 0.3 is 6.61 Å². The second kappa shape index (κ2) is 6.57. The SMILES string of the molecule is Cc1ccc(CNc2cccc(OC(F)F)c2)cc1Cl. The first-order valence-corrected chi connectivity index (χ1v) is 6.46. The molecule has 0 aromatic heterocycles. The third-order valence-corrected chi connectivity index (χ3v) is 3.20. The molecule has 2 nitrogen and oxygen atoms in total. The van der Waals surface area contributed by atoms with E-state index in [1.807, 2.05) is 25.1 Å². The first-order valence-electron chi connectivity index (χ1n) is 6.08. The number of halogens is 3. The Morgan fingerprint density at radius 3 is 2.70 bits per heavy atom. The third kappa shape index (κ3) is 4.10. The fourth-order valence-corrected chi connectivity index (χ4v) is 1.94. The van der Waals surface area contributed by atoms with Crippen molar-refractivity contribution in [3.63, 3.8) is 0 Å². The van der Waals surface area contributed by atoms with Gasteiger partial charge in [-0.3, -0.25) is 0 Å². The number of hydrogen-bond donors (Lipinski definition) is 1. The van der Waals surface area contributed by atoms with Crippen molar-refractivity contribution in [3.05, 3.63) is 58.6 Å². The maximum absolute atomic E-state index is 12.1. The molecule has 2 rings (SSSR count). The predicted octanol–water partition coefficient (Wildman–Crippen LogP) is 4.86. The molecule has 5 heteroatoms. The monoisotopic (exact) mass is 297 g/mol. The average molecular weight is 298 g/mol. The third-order valence-electron chi connectivity index (χ3n) is 2.79. The van der Waals surface area contributed by atoms with Crippen molar-refractivity contribution in [1.29, 1.82) is 0 Å². The molecule has 0 aliphatic heterocycles. The number of alkyl halides is 2. The second-order valence-corrected chi connectivity index (χ2v) is 4.75. The zero-order valence-corrected chi connectivity index (χ0v) is 11.6. The average Bonchev–Trinajstić information content (AvgIpc) is 2.40. The number of ether oxygens (including phenoxy) is 1. The molecule has 0 fully saturated rings. The normalized spacial score (nSPS) is 10.7. The van der Waals surface area contributed by atoms with Gasteiger partial charge in [-0.2, -0.15) is 8.78 Å². The minimum atomic E-state index is -2.82. The van der Waals surface area contributed by atoms with E-state index in [1.165, 1.54) is 12.1 Å². The van der Waals surface area contributed by atoms with E-state index in [1.54, 1.807) is 12.1 Å². The van der Waals surface area contributed by atoms with Gasteiger partial charge in [-0.25, -0.2) is 0 Å². The maximum Gasteiger partial charge on any atom is 0.387 e. The zero-order valence-electron chi connectivity index (χ0n) is 10.9. The summed E-state index contributed by atoms with van der Waals surface area (Å²) in [6.07, 6.45) is 0. The summed E-state index contributed by atoms with van der Waals surface area (Å²) in [7, 11) is 0. The largest absolute Gasteiger partial charge is 0.435 e. The van der Waals surface area contributed by atoms with Crippen LogP contribution in [0.25, 0.3) is 0 Å². The summed E-state index contributed by atoms with van der Waals surface area (Å²) in [6, 6.07) is 12.2. The zero-order chi connectivity index (χ0) is 14.5. The Balaban J connectivity index is 2.01. The highest BCUT2D eigenvalue weighted by atomic mass is 35.5. The summed E-state index contributed by atoms with van der Waals surface area (Å²) in [4.78, 5) is 0. The summed E-state index contributed by atoms with van der Waals surface area (Å²) in [5.41, 5.74) is 2.74. The molecule has 0 heterocycles. The molecular formula is C15H14ClF2NO. The van der Waals surface area contributed by atoms with E-state index in [0.717, 1.165) is 11.1 Å². The van der Waals surface area contributed by atoms with Crippen LogP contribution in [0.2, 0.25) is 5.02 Å². The number of benzene rings is 2. The lowest BCUT2D eigenvalue weighted by atomic mass is 10.1. The Hall–Kier alpha value is -1.81. The van der Waals surface area contributed by atoms with E-state index < -0.39 is 6.61 Å². The van der Waals surface area contributed by atoms with Crippen molar-refractivity contribution in [2.75, 3.05) is 5.32 Å². The molecule has 0 atom stereocenters. The van der Waals surface area contributed by atoms with Gasteiger partial charge in [-0.05, 0) is 36.2 Å². The van der Waals surface area contributed by atoms with Crippen LogP contribution in [0.3, 0.4) is 0 Å². The van der Waals surface area contributed by atoms with Crippen molar-refractivity contribution < 1.29 is 13.5 Å². The van der Waals surface area contributed by atoms with Gasteiger partial charge in [0.15, 0.2) is 0 Å². The van der Waals surface area contributed by atoms with Crippen LogP contribution in [-0.4, -0.2) is 6.61 Å². The molecule has 0 amide bonds. The summed E-state index contributed by atoms with van der Waals surface area (Å²) in [5, 5.41) is 3.85. The first kappa shape index (κ1) is 14.6. The smallest absolute Gasteiger partial charge is 0.387 e. The van der Waals surface area contributed by atoms with Crippen LogP contribution in [0.1, 0.15) is 11.1 Å². The van der Waals surface area contributed by atoms with Gasteiger partial charge in [0.25, 0.3) is 0 Å². The number of nitrogens with one attached hydrogen (secondary N) is 1. The Labute approximate surface area is 121 Å². The van der Waals surface area contributed by atoms with E-state index in [2.05, 4.69) is 10.1 Å². The van der Waals surface area contributed by atoms with Crippen LogP contribution < -0.4 is 10.1 Å². The topological polar surface area (TPSA) is 21.3 Å². The van der Waals surface area contributed by atoms with E-state index in [0.29, 0.717) is 17.3 Å².